The number of nitrogens with two attached hydrogens (primary N) is 1. The van der Waals surface area contributed by atoms with Crippen molar-refractivity contribution in [3.05, 3.63) is 0 Å². The second-order valence-corrected chi connectivity index (χ2v) is 6.88. The first-order chi connectivity index (χ1) is 7.54. The van der Waals surface area contributed by atoms with Gasteiger partial charge in [-0.1, -0.05) is 0 Å². The Kier molecular flexibility index (Phi) is 3.53. The van der Waals surface area contributed by atoms with E-state index in [1.165, 1.54) is 7.11 Å². The average molecular weight is 248 g/mol. The maximum absolute atomic E-state index is 11.9. The SMILES string of the molecule is COCCS(=O)(=O)N1CC2CCC(N)C2C1. The maximum atomic E-state index is 11.9. The molecule has 1 aliphatic heterocycles. The van der Waals surface area contributed by atoms with E-state index in [1.807, 2.05) is 0 Å². The van der Waals surface area contributed by atoms with Crippen molar-refractivity contribution in [1.29, 1.82) is 0 Å². The second-order valence-electron chi connectivity index (χ2n) is 4.79. The Morgan fingerprint density at radius 3 is 2.75 bits per heavy atom. The van der Waals surface area contributed by atoms with Gasteiger partial charge >= 0.3 is 0 Å². The van der Waals surface area contributed by atoms with Gasteiger partial charge in [0.15, 0.2) is 0 Å². The van der Waals surface area contributed by atoms with Gasteiger partial charge in [0.2, 0.25) is 10.0 Å². The molecule has 2 aliphatic rings. The summed E-state index contributed by atoms with van der Waals surface area (Å²) in [6, 6.07) is 0.188. The van der Waals surface area contributed by atoms with E-state index in [9.17, 15) is 8.42 Å². The summed E-state index contributed by atoms with van der Waals surface area (Å²) in [4.78, 5) is 0. The number of hydrogen-bond donors (Lipinski definition) is 1. The van der Waals surface area contributed by atoms with Crippen LogP contribution >= 0.6 is 0 Å². The standard InChI is InChI=1S/C10H20N2O3S/c1-15-4-5-16(13,14)12-6-8-2-3-10(11)9(8)7-12/h8-10H,2-7,11H2,1H3. The fourth-order valence-corrected chi connectivity index (χ4v) is 4.26. The van der Waals surface area contributed by atoms with Crippen LogP contribution in [0.3, 0.4) is 0 Å². The molecule has 0 aromatic rings. The Balaban J connectivity index is 1.98. The van der Waals surface area contributed by atoms with E-state index >= 15 is 0 Å². The lowest BCUT2D eigenvalue weighted by Crippen LogP contribution is -2.35. The summed E-state index contributed by atoms with van der Waals surface area (Å²) < 4.78 is 30.3. The molecule has 94 valence electrons. The van der Waals surface area contributed by atoms with Gasteiger partial charge in [0, 0.05) is 26.2 Å². The molecule has 2 N–H and O–H groups in total. The lowest BCUT2D eigenvalue weighted by molar-refractivity contribution is 0.215. The summed E-state index contributed by atoms with van der Waals surface area (Å²) in [7, 11) is -1.62. The van der Waals surface area contributed by atoms with Gasteiger partial charge < -0.3 is 10.5 Å². The first kappa shape index (κ1) is 12.3. The van der Waals surface area contributed by atoms with Crippen molar-refractivity contribution in [3.63, 3.8) is 0 Å². The molecule has 16 heavy (non-hydrogen) atoms. The van der Waals surface area contributed by atoms with Crippen LogP contribution < -0.4 is 5.73 Å². The predicted molar refractivity (Wildman–Crippen MR) is 61.4 cm³/mol. The summed E-state index contributed by atoms with van der Waals surface area (Å²) in [6.45, 7) is 1.53. The quantitative estimate of drug-likeness (QED) is 0.737. The van der Waals surface area contributed by atoms with Crippen LogP contribution in [0.4, 0.5) is 0 Å². The Labute approximate surface area is 97.0 Å². The van der Waals surface area contributed by atoms with Gasteiger partial charge in [-0.15, -0.1) is 0 Å². The normalized spacial score (nSPS) is 35.5. The van der Waals surface area contributed by atoms with Gasteiger partial charge in [-0.05, 0) is 24.7 Å². The molecule has 0 bridgehead atoms. The van der Waals surface area contributed by atoms with Crippen molar-refractivity contribution in [2.75, 3.05) is 32.6 Å². The van der Waals surface area contributed by atoms with Crippen LogP contribution in [0, 0.1) is 11.8 Å². The molecule has 0 aromatic heterocycles. The minimum absolute atomic E-state index is 0.0815. The molecule has 0 radical (unpaired) electrons. The van der Waals surface area contributed by atoms with E-state index in [2.05, 4.69) is 0 Å². The first-order valence-corrected chi connectivity index (χ1v) is 7.38. The van der Waals surface area contributed by atoms with Crippen molar-refractivity contribution in [2.45, 2.75) is 18.9 Å². The summed E-state index contributed by atoms with van der Waals surface area (Å²) >= 11 is 0. The third kappa shape index (κ3) is 2.25. The number of fused-ring (bicyclic) bond motifs is 1. The van der Waals surface area contributed by atoms with E-state index in [0.29, 0.717) is 24.9 Å². The highest BCUT2D eigenvalue weighted by Gasteiger charge is 2.44. The van der Waals surface area contributed by atoms with Crippen LogP contribution in [-0.4, -0.2) is 51.3 Å². The van der Waals surface area contributed by atoms with Crippen molar-refractivity contribution in [2.24, 2.45) is 17.6 Å². The Hall–Kier alpha value is -0.170. The fourth-order valence-electron chi connectivity index (χ4n) is 2.81. The molecule has 3 unspecified atom stereocenters. The van der Waals surface area contributed by atoms with Gasteiger partial charge in [-0.3, -0.25) is 0 Å². The maximum Gasteiger partial charge on any atom is 0.216 e. The molecule has 3 atom stereocenters. The Bertz CT molecular complexity index is 344. The number of nitrogens with zero attached hydrogens (tertiary/aromatic N) is 1. The van der Waals surface area contributed by atoms with Crippen LogP contribution in [0.5, 0.6) is 0 Å². The van der Waals surface area contributed by atoms with Crippen molar-refractivity contribution in [1.82, 2.24) is 4.31 Å². The minimum Gasteiger partial charge on any atom is -0.384 e. The van der Waals surface area contributed by atoms with Crippen LogP contribution in [0.25, 0.3) is 0 Å². The number of rotatable bonds is 4. The molecule has 2 rings (SSSR count). The minimum atomic E-state index is -3.13. The molecular formula is C10H20N2O3S. The Morgan fingerprint density at radius 2 is 2.12 bits per heavy atom. The molecule has 6 heteroatoms. The molecule has 1 saturated carbocycles. The molecule has 1 aliphatic carbocycles. The van der Waals surface area contributed by atoms with Crippen LogP contribution in [-0.2, 0) is 14.8 Å². The smallest absolute Gasteiger partial charge is 0.216 e. The van der Waals surface area contributed by atoms with Crippen LogP contribution in [0.1, 0.15) is 12.8 Å². The van der Waals surface area contributed by atoms with E-state index in [-0.39, 0.29) is 18.4 Å². The molecule has 2 fully saturated rings. The first-order valence-electron chi connectivity index (χ1n) is 5.77. The summed E-state index contributed by atoms with van der Waals surface area (Å²) in [5.41, 5.74) is 5.98. The molecule has 5 nitrogen and oxygen atoms in total. The van der Waals surface area contributed by atoms with Crippen LogP contribution in [0.15, 0.2) is 0 Å². The van der Waals surface area contributed by atoms with Crippen molar-refractivity contribution in [3.8, 4) is 0 Å². The highest BCUT2D eigenvalue weighted by molar-refractivity contribution is 7.89. The lowest BCUT2D eigenvalue weighted by atomic mass is 9.98. The second kappa shape index (κ2) is 4.60. The summed E-state index contributed by atoms with van der Waals surface area (Å²) in [5, 5.41) is 0. The van der Waals surface area contributed by atoms with Crippen LogP contribution in [0.2, 0.25) is 0 Å². The molecular weight excluding hydrogens is 228 g/mol. The largest absolute Gasteiger partial charge is 0.384 e. The molecule has 1 saturated heterocycles. The average Bonchev–Trinajstić information content (AvgIpc) is 2.79. The highest BCUT2D eigenvalue weighted by atomic mass is 32.2. The van der Waals surface area contributed by atoms with E-state index < -0.39 is 10.0 Å². The number of hydrogen-bond acceptors (Lipinski definition) is 4. The van der Waals surface area contributed by atoms with Crippen molar-refractivity contribution < 1.29 is 13.2 Å². The number of methoxy groups -OCH3 is 1. The number of ether oxygens (including phenoxy) is 1. The summed E-state index contributed by atoms with van der Waals surface area (Å²) in [5.74, 6) is 0.933. The Morgan fingerprint density at radius 1 is 1.38 bits per heavy atom. The van der Waals surface area contributed by atoms with Gasteiger partial charge in [0.25, 0.3) is 0 Å². The fraction of sp³-hybridized carbons (Fsp3) is 1.00. The van der Waals surface area contributed by atoms with Gasteiger partial charge in [0.05, 0.1) is 12.4 Å². The van der Waals surface area contributed by atoms with E-state index in [4.69, 9.17) is 10.5 Å². The van der Waals surface area contributed by atoms with Crippen molar-refractivity contribution >= 4 is 10.0 Å². The zero-order chi connectivity index (χ0) is 11.8. The summed E-state index contributed by atoms with van der Waals surface area (Å²) in [6.07, 6.45) is 2.11. The molecule has 0 amide bonds. The third-order valence-electron chi connectivity index (χ3n) is 3.82. The molecule has 1 heterocycles. The van der Waals surface area contributed by atoms with Gasteiger partial charge in [-0.25, -0.2) is 12.7 Å². The predicted octanol–water partition coefficient (Wildman–Crippen LogP) is -0.368. The van der Waals surface area contributed by atoms with E-state index in [1.54, 1.807) is 4.31 Å². The zero-order valence-corrected chi connectivity index (χ0v) is 10.4. The van der Waals surface area contributed by atoms with Gasteiger partial charge in [-0.2, -0.15) is 0 Å². The lowest BCUT2D eigenvalue weighted by Gasteiger charge is -2.18. The highest BCUT2D eigenvalue weighted by Crippen LogP contribution is 2.38. The van der Waals surface area contributed by atoms with Gasteiger partial charge in [0.1, 0.15) is 0 Å². The van der Waals surface area contributed by atoms with E-state index in [0.717, 1.165) is 12.8 Å². The zero-order valence-electron chi connectivity index (χ0n) is 9.63. The third-order valence-corrected chi connectivity index (χ3v) is 5.59. The number of sulfonamides is 1. The topological polar surface area (TPSA) is 72.6 Å². The monoisotopic (exact) mass is 248 g/mol. The molecule has 0 spiro atoms. The molecule has 0 aromatic carbocycles.